The molecule has 1 N–H and O–H groups in total. The van der Waals surface area contributed by atoms with Crippen LogP contribution >= 0.6 is 0 Å². The Morgan fingerprint density at radius 2 is 2.36 bits per heavy atom. The Kier molecular flexibility index (Phi) is 2.82. The van der Waals surface area contributed by atoms with Crippen LogP contribution in [0.2, 0.25) is 0 Å². The zero-order chi connectivity index (χ0) is 9.97. The molecule has 1 aromatic rings. The number of rotatable bonds is 5. The molecule has 1 saturated carbocycles. The quantitative estimate of drug-likeness (QED) is 0.769. The van der Waals surface area contributed by atoms with Crippen molar-refractivity contribution in [1.82, 2.24) is 20.1 Å². The molecule has 0 aliphatic heterocycles. The van der Waals surface area contributed by atoms with Crippen molar-refractivity contribution in [2.75, 3.05) is 6.54 Å². The van der Waals surface area contributed by atoms with Gasteiger partial charge in [-0.15, -0.1) is 0 Å². The molecule has 0 atom stereocenters. The summed E-state index contributed by atoms with van der Waals surface area (Å²) in [7, 11) is 0. The third-order valence-electron chi connectivity index (χ3n) is 2.55. The third-order valence-corrected chi connectivity index (χ3v) is 2.55. The van der Waals surface area contributed by atoms with Gasteiger partial charge in [-0.05, 0) is 39.2 Å². The van der Waals surface area contributed by atoms with Gasteiger partial charge in [-0.3, -0.25) is 0 Å². The largest absolute Gasteiger partial charge is 0.310 e. The molecule has 4 heteroatoms. The van der Waals surface area contributed by atoms with Crippen LogP contribution in [0.3, 0.4) is 0 Å². The molecule has 0 bridgehead atoms. The average Bonchev–Trinajstić information content (AvgIpc) is 2.82. The molecular weight excluding hydrogens is 176 g/mol. The SMILES string of the molecule is CC(C)n1ncnc1CNCC1CC1. The van der Waals surface area contributed by atoms with Gasteiger partial charge < -0.3 is 5.32 Å². The van der Waals surface area contributed by atoms with E-state index in [2.05, 4.69) is 29.2 Å². The highest BCUT2D eigenvalue weighted by molar-refractivity contribution is 4.86. The van der Waals surface area contributed by atoms with Crippen molar-refractivity contribution in [3.05, 3.63) is 12.2 Å². The van der Waals surface area contributed by atoms with Crippen LogP contribution in [0.1, 0.15) is 38.6 Å². The molecular formula is C10H18N4. The third kappa shape index (κ3) is 2.32. The van der Waals surface area contributed by atoms with Crippen LogP contribution in [0.5, 0.6) is 0 Å². The summed E-state index contributed by atoms with van der Waals surface area (Å²) in [4.78, 5) is 4.24. The number of aromatic nitrogens is 3. The Balaban J connectivity index is 1.84. The highest BCUT2D eigenvalue weighted by Gasteiger charge is 2.20. The average molecular weight is 194 g/mol. The maximum atomic E-state index is 4.24. The predicted molar refractivity (Wildman–Crippen MR) is 54.8 cm³/mol. The molecule has 0 spiro atoms. The second kappa shape index (κ2) is 4.09. The minimum atomic E-state index is 0.398. The molecule has 14 heavy (non-hydrogen) atoms. The maximum Gasteiger partial charge on any atom is 0.141 e. The summed E-state index contributed by atoms with van der Waals surface area (Å²) in [5, 5.41) is 7.62. The van der Waals surface area contributed by atoms with Crippen molar-refractivity contribution in [2.45, 2.75) is 39.3 Å². The topological polar surface area (TPSA) is 42.7 Å². The van der Waals surface area contributed by atoms with E-state index in [4.69, 9.17) is 0 Å². The fourth-order valence-electron chi connectivity index (χ4n) is 1.54. The van der Waals surface area contributed by atoms with Crippen LogP contribution in [0.15, 0.2) is 6.33 Å². The lowest BCUT2D eigenvalue weighted by atomic mass is 10.4. The highest BCUT2D eigenvalue weighted by Crippen LogP contribution is 2.27. The van der Waals surface area contributed by atoms with Crippen molar-refractivity contribution in [3.8, 4) is 0 Å². The van der Waals surface area contributed by atoms with Gasteiger partial charge >= 0.3 is 0 Å². The number of nitrogens with one attached hydrogen (secondary N) is 1. The molecule has 1 fully saturated rings. The van der Waals surface area contributed by atoms with Crippen molar-refractivity contribution >= 4 is 0 Å². The van der Waals surface area contributed by atoms with Gasteiger partial charge in [-0.25, -0.2) is 9.67 Å². The molecule has 0 amide bonds. The van der Waals surface area contributed by atoms with Gasteiger partial charge in [0.2, 0.25) is 0 Å². The monoisotopic (exact) mass is 194 g/mol. The fraction of sp³-hybridized carbons (Fsp3) is 0.800. The van der Waals surface area contributed by atoms with Gasteiger partial charge in [0.15, 0.2) is 0 Å². The Morgan fingerprint density at radius 1 is 1.57 bits per heavy atom. The maximum absolute atomic E-state index is 4.24. The molecule has 0 saturated heterocycles. The second-order valence-corrected chi connectivity index (χ2v) is 4.29. The molecule has 0 aromatic carbocycles. The second-order valence-electron chi connectivity index (χ2n) is 4.29. The van der Waals surface area contributed by atoms with E-state index in [0.29, 0.717) is 6.04 Å². The summed E-state index contributed by atoms with van der Waals surface area (Å²) in [6.45, 7) is 6.22. The first-order valence-corrected chi connectivity index (χ1v) is 5.36. The van der Waals surface area contributed by atoms with Crippen molar-refractivity contribution in [2.24, 2.45) is 5.92 Å². The van der Waals surface area contributed by atoms with Gasteiger partial charge in [0, 0.05) is 6.04 Å². The van der Waals surface area contributed by atoms with Gasteiger partial charge in [-0.1, -0.05) is 0 Å². The number of hydrogen-bond acceptors (Lipinski definition) is 3. The van der Waals surface area contributed by atoms with Crippen LogP contribution < -0.4 is 5.32 Å². The molecule has 78 valence electrons. The van der Waals surface area contributed by atoms with E-state index in [1.54, 1.807) is 6.33 Å². The van der Waals surface area contributed by atoms with Gasteiger partial charge in [0.25, 0.3) is 0 Å². The summed E-state index contributed by atoms with van der Waals surface area (Å²) in [5.41, 5.74) is 0. The lowest BCUT2D eigenvalue weighted by Crippen LogP contribution is -2.20. The van der Waals surface area contributed by atoms with Crippen LogP contribution in [-0.4, -0.2) is 21.3 Å². The normalized spacial score (nSPS) is 16.5. The first kappa shape index (κ1) is 9.65. The number of nitrogens with zero attached hydrogens (tertiary/aromatic N) is 3. The zero-order valence-electron chi connectivity index (χ0n) is 8.90. The van der Waals surface area contributed by atoms with Gasteiger partial charge in [0.1, 0.15) is 12.2 Å². The molecule has 0 unspecified atom stereocenters. The van der Waals surface area contributed by atoms with E-state index in [9.17, 15) is 0 Å². The van der Waals surface area contributed by atoms with Gasteiger partial charge in [0.05, 0.1) is 6.54 Å². The smallest absolute Gasteiger partial charge is 0.141 e. The van der Waals surface area contributed by atoms with E-state index in [1.807, 2.05) is 4.68 Å². The zero-order valence-corrected chi connectivity index (χ0v) is 8.90. The van der Waals surface area contributed by atoms with E-state index in [-0.39, 0.29) is 0 Å². The minimum absolute atomic E-state index is 0.398. The predicted octanol–water partition coefficient (Wildman–Crippen LogP) is 1.36. The first-order chi connectivity index (χ1) is 6.77. The molecule has 4 nitrogen and oxygen atoms in total. The van der Waals surface area contributed by atoms with Crippen LogP contribution in [0.4, 0.5) is 0 Å². The molecule has 1 aliphatic carbocycles. The van der Waals surface area contributed by atoms with E-state index in [1.165, 1.54) is 12.8 Å². The van der Waals surface area contributed by atoms with Crippen LogP contribution in [-0.2, 0) is 6.54 Å². The minimum Gasteiger partial charge on any atom is -0.310 e. The van der Waals surface area contributed by atoms with Crippen molar-refractivity contribution < 1.29 is 0 Å². The van der Waals surface area contributed by atoms with Crippen LogP contribution in [0, 0.1) is 5.92 Å². The summed E-state index contributed by atoms with van der Waals surface area (Å²) < 4.78 is 1.97. The Bertz CT molecular complexity index is 288. The summed E-state index contributed by atoms with van der Waals surface area (Å²) in [6.07, 6.45) is 4.42. The van der Waals surface area contributed by atoms with Crippen molar-refractivity contribution in [3.63, 3.8) is 0 Å². The molecule has 2 rings (SSSR count). The van der Waals surface area contributed by atoms with Crippen molar-refractivity contribution in [1.29, 1.82) is 0 Å². The summed E-state index contributed by atoms with van der Waals surface area (Å²) in [6, 6.07) is 0.398. The number of hydrogen-bond donors (Lipinski definition) is 1. The molecule has 0 radical (unpaired) electrons. The fourth-order valence-corrected chi connectivity index (χ4v) is 1.54. The molecule has 1 heterocycles. The lowest BCUT2D eigenvalue weighted by Gasteiger charge is -2.09. The lowest BCUT2D eigenvalue weighted by molar-refractivity contribution is 0.487. The molecule has 1 aliphatic rings. The standard InChI is InChI=1S/C10H18N4/c1-8(2)14-10(12-7-13-14)6-11-5-9-3-4-9/h7-9,11H,3-6H2,1-2H3. The van der Waals surface area contributed by atoms with Gasteiger partial charge in [-0.2, -0.15) is 5.10 Å². The highest BCUT2D eigenvalue weighted by atomic mass is 15.3. The Hall–Kier alpha value is -0.900. The van der Waals surface area contributed by atoms with E-state index < -0.39 is 0 Å². The van der Waals surface area contributed by atoms with E-state index >= 15 is 0 Å². The summed E-state index contributed by atoms with van der Waals surface area (Å²) >= 11 is 0. The van der Waals surface area contributed by atoms with Crippen LogP contribution in [0.25, 0.3) is 0 Å². The summed E-state index contributed by atoms with van der Waals surface area (Å²) in [5.74, 6) is 1.96. The first-order valence-electron chi connectivity index (χ1n) is 5.36. The Labute approximate surface area is 84.7 Å². The molecule has 1 aromatic heterocycles. The Morgan fingerprint density at radius 3 is 3.00 bits per heavy atom. The van der Waals surface area contributed by atoms with E-state index in [0.717, 1.165) is 24.8 Å².